The molecule has 5 nitrogen and oxygen atoms in total. The summed E-state index contributed by atoms with van der Waals surface area (Å²) < 4.78 is 10.7. The molecule has 1 amide bonds. The van der Waals surface area contributed by atoms with Crippen LogP contribution in [0.1, 0.15) is 17.5 Å². The highest BCUT2D eigenvalue weighted by Gasteiger charge is 2.07. The number of amides is 1. The van der Waals surface area contributed by atoms with Crippen LogP contribution in [0.4, 0.5) is 5.69 Å². The molecule has 0 saturated carbocycles. The van der Waals surface area contributed by atoms with Crippen LogP contribution in [0.3, 0.4) is 0 Å². The highest BCUT2D eigenvalue weighted by molar-refractivity contribution is 5.91. The van der Waals surface area contributed by atoms with Crippen LogP contribution < -0.4 is 15.4 Å². The number of anilines is 1. The minimum Gasteiger partial charge on any atom is -0.483 e. The van der Waals surface area contributed by atoms with Gasteiger partial charge in [-0.25, -0.2) is 0 Å². The van der Waals surface area contributed by atoms with Gasteiger partial charge in [0.05, 0.1) is 0 Å². The van der Waals surface area contributed by atoms with E-state index in [0.717, 1.165) is 42.1 Å². The molecule has 2 aromatic rings. The van der Waals surface area contributed by atoms with Gasteiger partial charge in [-0.05, 0) is 38.1 Å². The molecule has 134 valence electrons. The minimum absolute atomic E-state index is 0.0193. The second-order valence-corrected chi connectivity index (χ2v) is 5.83. The van der Waals surface area contributed by atoms with Gasteiger partial charge in [0.25, 0.3) is 5.91 Å². The summed E-state index contributed by atoms with van der Waals surface area (Å²) in [6.07, 6.45) is 0.957. The van der Waals surface area contributed by atoms with E-state index in [2.05, 4.69) is 10.6 Å². The first kappa shape index (κ1) is 19.0. The number of rotatable bonds is 10. The summed E-state index contributed by atoms with van der Waals surface area (Å²) in [5, 5.41) is 6.18. The third kappa shape index (κ3) is 6.95. The molecule has 2 rings (SSSR count). The van der Waals surface area contributed by atoms with Crippen molar-refractivity contribution in [2.75, 3.05) is 32.2 Å². The lowest BCUT2D eigenvalue weighted by molar-refractivity contribution is -0.118. The third-order valence-corrected chi connectivity index (χ3v) is 3.68. The van der Waals surface area contributed by atoms with E-state index in [1.807, 2.05) is 55.5 Å². The van der Waals surface area contributed by atoms with Gasteiger partial charge in [-0.15, -0.1) is 0 Å². The second-order valence-electron chi connectivity index (χ2n) is 5.83. The van der Waals surface area contributed by atoms with Crippen molar-refractivity contribution in [2.45, 2.75) is 19.9 Å². The predicted molar refractivity (Wildman–Crippen MR) is 99.9 cm³/mol. The molecule has 0 spiro atoms. The van der Waals surface area contributed by atoms with Gasteiger partial charge in [0.1, 0.15) is 5.75 Å². The standard InChI is InChI=1S/C20H26N2O3/c1-16-8-10-18(11-9-16)22-20(23)15-25-19-7-4-3-6-17(19)14-21-12-5-13-24-2/h3-4,6-11,21H,5,12-15H2,1-2H3,(H,22,23). The number of benzene rings is 2. The highest BCUT2D eigenvalue weighted by atomic mass is 16.5. The molecule has 2 N–H and O–H groups in total. The molecule has 0 aliphatic heterocycles. The molecule has 5 heteroatoms. The molecule has 0 bridgehead atoms. The second kappa shape index (κ2) is 10.5. The smallest absolute Gasteiger partial charge is 0.262 e. The van der Waals surface area contributed by atoms with E-state index in [-0.39, 0.29) is 12.5 Å². The van der Waals surface area contributed by atoms with Crippen LogP contribution in [0.2, 0.25) is 0 Å². The predicted octanol–water partition coefficient (Wildman–Crippen LogP) is 3.14. The summed E-state index contributed by atoms with van der Waals surface area (Å²) >= 11 is 0. The number of para-hydroxylation sites is 1. The van der Waals surface area contributed by atoms with Crippen LogP contribution in [0.5, 0.6) is 5.75 Å². The molecule has 0 heterocycles. The fourth-order valence-corrected chi connectivity index (χ4v) is 2.33. The van der Waals surface area contributed by atoms with Crippen LogP contribution in [0.25, 0.3) is 0 Å². The van der Waals surface area contributed by atoms with Crippen LogP contribution in [-0.2, 0) is 16.1 Å². The first-order valence-electron chi connectivity index (χ1n) is 8.46. The summed E-state index contributed by atoms with van der Waals surface area (Å²) in [4.78, 5) is 12.0. The Labute approximate surface area is 149 Å². The molecule has 0 unspecified atom stereocenters. The first-order chi connectivity index (χ1) is 12.2. The molecule has 0 fully saturated rings. The van der Waals surface area contributed by atoms with Crippen molar-refractivity contribution < 1.29 is 14.3 Å². The average Bonchev–Trinajstić information content (AvgIpc) is 2.62. The van der Waals surface area contributed by atoms with Gasteiger partial charge in [0.2, 0.25) is 0 Å². The number of hydrogen-bond donors (Lipinski definition) is 2. The quantitative estimate of drug-likeness (QED) is 0.651. The van der Waals surface area contributed by atoms with E-state index in [1.54, 1.807) is 7.11 Å². The first-order valence-corrected chi connectivity index (χ1v) is 8.46. The molecule has 0 atom stereocenters. The van der Waals surface area contributed by atoms with Gasteiger partial charge in [-0.3, -0.25) is 4.79 Å². The topological polar surface area (TPSA) is 59.6 Å². The Balaban J connectivity index is 1.81. The zero-order valence-corrected chi connectivity index (χ0v) is 14.9. The number of aryl methyl sites for hydroxylation is 1. The van der Waals surface area contributed by atoms with Crippen LogP contribution in [-0.4, -0.2) is 32.8 Å². The molecule has 0 aromatic heterocycles. The maximum atomic E-state index is 12.0. The molecule has 0 aliphatic carbocycles. The summed E-state index contributed by atoms with van der Waals surface area (Å²) in [5.74, 6) is 0.549. The Hall–Kier alpha value is -2.37. The lowest BCUT2D eigenvalue weighted by atomic mass is 10.2. The Bertz CT molecular complexity index is 656. The van der Waals surface area contributed by atoms with Crippen molar-refractivity contribution in [1.29, 1.82) is 0 Å². The number of methoxy groups -OCH3 is 1. The molecule has 25 heavy (non-hydrogen) atoms. The molecule has 0 aliphatic rings. The molecule has 0 saturated heterocycles. The van der Waals surface area contributed by atoms with Gasteiger partial charge in [-0.2, -0.15) is 0 Å². The average molecular weight is 342 g/mol. The fraction of sp³-hybridized carbons (Fsp3) is 0.350. The Morgan fingerprint density at radius 1 is 1.08 bits per heavy atom. The van der Waals surface area contributed by atoms with Crippen LogP contribution in [0.15, 0.2) is 48.5 Å². The van der Waals surface area contributed by atoms with Gasteiger partial charge in [-0.1, -0.05) is 35.9 Å². The Kier molecular flexibility index (Phi) is 7.95. The molecular formula is C20H26N2O3. The normalized spacial score (nSPS) is 10.5. The van der Waals surface area contributed by atoms with E-state index in [1.165, 1.54) is 0 Å². The van der Waals surface area contributed by atoms with Crippen molar-refractivity contribution in [2.24, 2.45) is 0 Å². The monoisotopic (exact) mass is 342 g/mol. The van der Waals surface area contributed by atoms with E-state index in [9.17, 15) is 4.79 Å². The highest BCUT2D eigenvalue weighted by Crippen LogP contribution is 2.18. The van der Waals surface area contributed by atoms with E-state index >= 15 is 0 Å². The van der Waals surface area contributed by atoms with Gasteiger partial charge in [0, 0.05) is 31.5 Å². The zero-order chi connectivity index (χ0) is 17.9. The summed E-state index contributed by atoms with van der Waals surface area (Å²) in [5.41, 5.74) is 2.96. The van der Waals surface area contributed by atoms with Crippen molar-refractivity contribution >= 4 is 11.6 Å². The molecule has 0 radical (unpaired) electrons. The largest absolute Gasteiger partial charge is 0.483 e. The molecular weight excluding hydrogens is 316 g/mol. The van der Waals surface area contributed by atoms with Crippen LogP contribution >= 0.6 is 0 Å². The zero-order valence-electron chi connectivity index (χ0n) is 14.9. The van der Waals surface area contributed by atoms with Crippen molar-refractivity contribution in [3.05, 3.63) is 59.7 Å². The van der Waals surface area contributed by atoms with Gasteiger partial charge >= 0.3 is 0 Å². The number of nitrogens with one attached hydrogen (secondary N) is 2. The maximum Gasteiger partial charge on any atom is 0.262 e. The maximum absolute atomic E-state index is 12.0. The lowest BCUT2D eigenvalue weighted by Crippen LogP contribution is -2.21. The summed E-state index contributed by atoms with van der Waals surface area (Å²) in [6.45, 7) is 4.30. The lowest BCUT2D eigenvalue weighted by Gasteiger charge is -2.12. The van der Waals surface area contributed by atoms with Crippen molar-refractivity contribution in [1.82, 2.24) is 5.32 Å². The van der Waals surface area contributed by atoms with E-state index in [4.69, 9.17) is 9.47 Å². The summed E-state index contributed by atoms with van der Waals surface area (Å²) in [7, 11) is 1.70. The minimum atomic E-state index is -0.174. The van der Waals surface area contributed by atoms with Gasteiger partial charge < -0.3 is 20.1 Å². The Morgan fingerprint density at radius 2 is 1.84 bits per heavy atom. The number of carbonyl (C=O) groups excluding carboxylic acids is 1. The Morgan fingerprint density at radius 3 is 2.60 bits per heavy atom. The molecule has 2 aromatic carbocycles. The number of hydrogen-bond acceptors (Lipinski definition) is 4. The summed E-state index contributed by atoms with van der Waals surface area (Å²) in [6, 6.07) is 15.4. The van der Waals surface area contributed by atoms with Crippen molar-refractivity contribution in [3.63, 3.8) is 0 Å². The SMILES string of the molecule is COCCCNCc1ccccc1OCC(=O)Nc1ccc(C)cc1. The third-order valence-electron chi connectivity index (χ3n) is 3.68. The van der Waals surface area contributed by atoms with E-state index < -0.39 is 0 Å². The fourth-order valence-electron chi connectivity index (χ4n) is 2.33. The van der Waals surface area contributed by atoms with Crippen LogP contribution in [0, 0.1) is 6.92 Å². The van der Waals surface area contributed by atoms with E-state index in [0.29, 0.717) is 6.54 Å². The van der Waals surface area contributed by atoms with Gasteiger partial charge in [0.15, 0.2) is 6.61 Å². The number of ether oxygens (including phenoxy) is 2. The van der Waals surface area contributed by atoms with Crippen molar-refractivity contribution in [3.8, 4) is 5.75 Å². The number of carbonyl (C=O) groups is 1.